The third-order valence-electron chi connectivity index (χ3n) is 4.18. The van der Waals surface area contributed by atoms with Crippen LogP contribution < -0.4 is 0 Å². The number of rotatable bonds is 13. The summed E-state index contributed by atoms with van der Waals surface area (Å²) < 4.78 is 22.7. The number of hydrogen-bond donors (Lipinski definition) is 2. The van der Waals surface area contributed by atoms with Gasteiger partial charge < -0.3 is 29.2 Å². The van der Waals surface area contributed by atoms with Crippen LogP contribution in [0.1, 0.15) is 59.3 Å². The van der Waals surface area contributed by atoms with E-state index in [0.29, 0.717) is 19.8 Å². The summed E-state index contributed by atoms with van der Waals surface area (Å²) in [4.78, 5) is 0. The van der Waals surface area contributed by atoms with Crippen molar-refractivity contribution in [1.82, 2.24) is 0 Å². The van der Waals surface area contributed by atoms with Crippen LogP contribution in [0.5, 0.6) is 0 Å². The van der Waals surface area contributed by atoms with E-state index >= 15 is 0 Å². The molecule has 0 radical (unpaired) electrons. The van der Waals surface area contributed by atoms with E-state index in [2.05, 4.69) is 20.8 Å². The van der Waals surface area contributed by atoms with E-state index in [9.17, 15) is 10.2 Å². The lowest BCUT2D eigenvalue weighted by Crippen LogP contribution is -2.60. The molecule has 0 saturated carbocycles. The summed E-state index contributed by atoms with van der Waals surface area (Å²) in [7, 11) is 0. The third kappa shape index (κ3) is 7.33. The quantitative estimate of drug-likeness (QED) is 0.497. The van der Waals surface area contributed by atoms with Crippen LogP contribution in [0.25, 0.3) is 0 Å². The standard InChI is InChI=1S/C18H36O6/c1-4-7-10-21-13-14-15(19)16(22-11-8-5-2)17(18(20)24-14)23-12-9-6-3/h14-20H,4-13H2,1-3H3/t14?,15-,16+,17?,18+/m1/s1. The highest BCUT2D eigenvalue weighted by Crippen LogP contribution is 2.25. The van der Waals surface area contributed by atoms with Crippen molar-refractivity contribution in [2.24, 2.45) is 0 Å². The highest BCUT2D eigenvalue weighted by atomic mass is 16.7. The molecule has 1 heterocycles. The zero-order valence-electron chi connectivity index (χ0n) is 15.5. The van der Waals surface area contributed by atoms with Crippen LogP contribution in [0.4, 0.5) is 0 Å². The van der Waals surface area contributed by atoms with Crippen LogP contribution in [-0.4, -0.2) is 67.3 Å². The molecule has 1 saturated heterocycles. The van der Waals surface area contributed by atoms with Crippen LogP contribution >= 0.6 is 0 Å². The van der Waals surface area contributed by atoms with Crippen molar-refractivity contribution in [3.8, 4) is 0 Å². The maximum absolute atomic E-state index is 10.6. The lowest BCUT2D eigenvalue weighted by Gasteiger charge is -2.42. The molecule has 2 N–H and O–H groups in total. The first-order chi connectivity index (χ1) is 11.7. The van der Waals surface area contributed by atoms with Gasteiger partial charge in [0.05, 0.1) is 6.61 Å². The summed E-state index contributed by atoms with van der Waals surface area (Å²) in [6.45, 7) is 8.16. The van der Waals surface area contributed by atoms with Gasteiger partial charge in [-0.25, -0.2) is 0 Å². The largest absolute Gasteiger partial charge is 0.387 e. The lowest BCUT2D eigenvalue weighted by atomic mass is 9.98. The molecule has 0 aromatic carbocycles. The summed E-state index contributed by atoms with van der Waals surface area (Å²) in [5.41, 5.74) is 0. The van der Waals surface area contributed by atoms with E-state index in [4.69, 9.17) is 18.9 Å². The number of aliphatic hydroxyl groups is 2. The molecule has 0 amide bonds. The molecule has 1 aliphatic rings. The molecule has 144 valence electrons. The summed E-state index contributed by atoms with van der Waals surface area (Å²) in [5.74, 6) is 0. The maximum atomic E-state index is 10.6. The second-order valence-electron chi connectivity index (χ2n) is 6.36. The minimum Gasteiger partial charge on any atom is -0.387 e. The Morgan fingerprint density at radius 3 is 1.92 bits per heavy atom. The highest BCUT2D eigenvalue weighted by molar-refractivity contribution is 4.91. The van der Waals surface area contributed by atoms with Gasteiger partial charge in [-0.05, 0) is 19.3 Å². The Morgan fingerprint density at radius 1 is 0.792 bits per heavy atom. The van der Waals surface area contributed by atoms with Crippen LogP contribution in [0.2, 0.25) is 0 Å². The zero-order chi connectivity index (χ0) is 17.8. The smallest absolute Gasteiger partial charge is 0.184 e. The molecule has 2 unspecified atom stereocenters. The number of hydrogen-bond acceptors (Lipinski definition) is 6. The number of ether oxygens (including phenoxy) is 4. The van der Waals surface area contributed by atoms with Gasteiger partial charge in [0.25, 0.3) is 0 Å². The van der Waals surface area contributed by atoms with Gasteiger partial charge in [-0.15, -0.1) is 0 Å². The summed E-state index contributed by atoms with van der Waals surface area (Å²) in [6, 6.07) is 0. The van der Waals surface area contributed by atoms with Gasteiger partial charge in [-0.2, -0.15) is 0 Å². The highest BCUT2D eigenvalue weighted by Gasteiger charge is 2.46. The third-order valence-corrected chi connectivity index (χ3v) is 4.18. The normalized spacial score (nSPS) is 30.6. The van der Waals surface area contributed by atoms with Gasteiger partial charge in [0.2, 0.25) is 0 Å². The maximum Gasteiger partial charge on any atom is 0.184 e. The van der Waals surface area contributed by atoms with Crippen LogP contribution in [-0.2, 0) is 18.9 Å². The first-order valence-electron chi connectivity index (χ1n) is 9.48. The van der Waals surface area contributed by atoms with E-state index in [1.165, 1.54) is 0 Å². The molecule has 1 rings (SSSR count). The molecule has 0 bridgehead atoms. The molecule has 0 aliphatic carbocycles. The second-order valence-corrected chi connectivity index (χ2v) is 6.36. The fourth-order valence-corrected chi connectivity index (χ4v) is 2.59. The Balaban J connectivity index is 2.61. The van der Waals surface area contributed by atoms with Crippen molar-refractivity contribution < 1.29 is 29.2 Å². The van der Waals surface area contributed by atoms with Gasteiger partial charge >= 0.3 is 0 Å². The number of aliphatic hydroxyl groups excluding tert-OH is 2. The van der Waals surface area contributed by atoms with Crippen LogP contribution in [0.15, 0.2) is 0 Å². The minimum atomic E-state index is -1.11. The molecule has 24 heavy (non-hydrogen) atoms. The van der Waals surface area contributed by atoms with E-state index in [0.717, 1.165) is 38.5 Å². The first kappa shape index (κ1) is 21.8. The average Bonchev–Trinajstić information content (AvgIpc) is 2.57. The van der Waals surface area contributed by atoms with Crippen molar-refractivity contribution >= 4 is 0 Å². The monoisotopic (exact) mass is 348 g/mol. The molecule has 0 aromatic rings. The van der Waals surface area contributed by atoms with E-state index < -0.39 is 30.7 Å². The predicted octanol–water partition coefficient (Wildman–Crippen LogP) is 2.25. The van der Waals surface area contributed by atoms with E-state index in [-0.39, 0.29) is 6.61 Å². The van der Waals surface area contributed by atoms with Crippen molar-refractivity contribution in [3.05, 3.63) is 0 Å². The predicted molar refractivity (Wildman–Crippen MR) is 91.9 cm³/mol. The summed E-state index contributed by atoms with van der Waals surface area (Å²) >= 11 is 0. The molecule has 6 heteroatoms. The van der Waals surface area contributed by atoms with E-state index in [1.807, 2.05) is 0 Å². The molecule has 6 nitrogen and oxygen atoms in total. The van der Waals surface area contributed by atoms with Gasteiger partial charge in [0, 0.05) is 19.8 Å². The first-order valence-corrected chi connectivity index (χ1v) is 9.48. The molecule has 1 fully saturated rings. The fraction of sp³-hybridized carbons (Fsp3) is 1.00. The molecule has 1 aliphatic heterocycles. The molecule has 0 aromatic heterocycles. The molecule has 5 atom stereocenters. The van der Waals surface area contributed by atoms with E-state index in [1.54, 1.807) is 0 Å². The average molecular weight is 348 g/mol. The van der Waals surface area contributed by atoms with Crippen LogP contribution in [0.3, 0.4) is 0 Å². The Morgan fingerprint density at radius 2 is 1.33 bits per heavy atom. The summed E-state index contributed by atoms with van der Waals surface area (Å²) in [5, 5.41) is 20.9. The second kappa shape index (κ2) is 13.0. The molecular formula is C18H36O6. The zero-order valence-corrected chi connectivity index (χ0v) is 15.5. The Hall–Kier alpha value is -0.240. The SMILES string of the molecule is CCCCOCC1O[C@H](O)C(OCCCC)[C@@H](OCCCC)[C@@H]1O. The van der Waals surface area contributed by atoms with Gasteiger partial charge in [-0.1, -0.05) is 40.0 Å². The van der Waals surface area contributed by atoms with Gasteiger partial charge in [0.15, 0.2) is 6.29 Å². The van der Waals surface area contributed by atoms with Crippen molar-refractivity contribution in [3.63, 3.8) is 0 Å². The van der Waals surface area contributed by atoms with Crippen molar-refractivity contribution in [2.75, 3.05) is 26.4 Å². The summed E-state index contributed by atoms with van der Waals surface area (Å²) in [6.07, 6.45) is 1.95. The van der Waals surface area contributed by atoms with Crippen LogP contribution in [0, 0.1) is 0 Å². The lowest BCUT2D eigenvalue weighted by molar-refractivity contribution is -0.305. The Bertz CT molecular complexity index is 301. The fourth-order valence-electron chi connectivity index (χ4n) is 2.59. The topological polar surface area (TPSA) is 77.4 Å². The molecule has 0 spiro atoms. The van der Waals surface area contributed by atoms with Crippen molar-refractivity contribution in [2.45, 2.75) is 90.0 Å². The Labute approximate surface area is 146 Å². The van der Waals surface area contributed by atoms with Crippen molar-refractivity contribution in [1.29, 1.82) is 0 Å². The molecular weight excluding hydrogens is 312 g/mol. The van der Waals surface area contributed by atoms with Gasteiger partial charge in [-0.3, -0.25) is 0 Å². The van der Waals surface area contributed by atoms with Gasteiger partial charge in [0.1, 0.15) is 24.4 Å². The Kier molecular flexibility index (Phi) is 11.8. The number of unbranched alkanes of at least 4 members (excludes halogenated alkanes) is 3. The minimum absolute atomic E-state index is 0.244.